The van der Waals surface area contributed by atoms with Crippen LogP contribution < -0.4 is 10.1 Å². The number of methoxy groups -OCH3 is 1. The lowest BCUT2D eigenvalue weighted by Gasteiger charge is -2.19. The van der Waals surface area contributed by atoms with Gasteiger partial charge in [0.15, 0.2) is 0 Å². The first-order valence-electron chi connectivity index (χ1n) is 9.90. The van der Waals surface area contributed by atoms with Crippen molar-refractivity contribution in [3.63, 3.8) is 0 Å². The van der Waals surface area contributed by atoms with Crippen LogP contribution in [0.25, 0.3) is 10.2 Å². The molecule has 0 spiro atoms. The van der Waals surface area contributed by atoms with Crippen molar-refractivity contribution in [2.24, 2.45) is 4.99 Å². The zero-order valence-electron chi connectivity index (χ0n) is 18.5. The third kappa shape index (κ3) is 9.86. The molecule has 0 aliphatic carbocycles. The molecule has 1 aromatic carbocycles. The number of hydrogen-bond acceptors (Lipinski definition) is 9. The molecule has 1 aromatic heterocycles. The lowest BCUT2D eigenvalue weighted by Crippen LogP contribution is -2.33. The van der Waals surface area contributed by atoms with Gasteiger partial charge < -0.3 is 19.5 Å². The van der Waals surface area contributed by atoms with Crippen LogP contribution in [-0.2, 0) is 14.3 Å². The Hall–Kier alpha value is -2.33. The van der Waals surface area contributed by atoms with E-state index in [1.807, 2.05) is 39.0 Å². The summed E-state index contributed by atoms with van der Waals surface area (Å²) in [6, 6.07) is 5.92. The first-order chi connectivity index (χ1) is 14.7. The van der Waals surface area contributed by atoms with Gasteiger partial charge in [0.2, 0.25) is 0 Å². The predicted molar refractivity (Wildman–Crippen MR) is 132 cm³/mol. The zero-order valence-corrected chi connectivity index (χ0v) is 20.2. The molecule has 1 aliphatic rings. The van der Waals surface area contributed by atoms with Gasteiger partial charge in [-0.15, -0.1) is 23.1 Å². The Labute approximate surface area is 198 Å². The Morgan fingerprint density at radius 1 is 1.25 bits per heavy atom. The van der Waals surface area contributed by atoms with E-state index in [2.05, 4.69) is 20.0 Å². The number of thiazole rings is 1. The molecule has 3 rings (SSSR count). The van der Waals surface area contributed by atoms with Crippen LogP contribution in [0.1, 0.15) is 46.6 Å². The van der Waals surface area contributed by atoms with Gasteiger partial charge in [0.25, 0.3) is 0 Å². The van der Waals surface area contributed by atoms with E-state index in [0.717, 1.165) is 38.3 Å². The Morgan fingerprint density at radius 3 is 2.56 bits per heavy atom. The van der Waals surface area contributed by atoms with Crippen LogP contribution in [-0.4, -0.2) is 60.3 Å². The van der Waals surface area contributed by atoms with Crippen molar-refractivity contribution in [3.8, 4) is 5.75 Å². The second kappa shape index (κ2) is 13.3. The van der Waals surface area contributed by atoms with Crippen molar-refractivity contribution in [2.45, 2.75) is 47.1 Å². The lowest BCUT2D eigenvalue weighted by atomic mass is 10.2. The molecular formula is C22H33N3O5S2. The van der Waals surface area contributed by atoms with Gasteiger partial charge in [0, 0.05) is 25.8 Å². The maximum Gasteiger partial charge on any atom is 0.407 e. The highest BCUT2D eigenvalue weighted by Gasteiger charge is 2.16. The number of aromatic nitrogens is 1. The summed E-state index contributed by atoms with van der Waals surface area (Å²) in [5, 5.41) is 4.76. The molecule has 1 N–H and O–H groups in total. The van der Waals surface area contributed by atoms with Crippen molar-refractivity contribution in [1.82, 2.24) is 10.3 Å². The summed E-state index contributed by atoms with van der Waals surface area (Å²) >= 11 is 3.41. The molecule has 0 radical (unpaired) electrons. The standard InChI is InChI=1S/C18H23N3O3S2.C3H6O2.CH4/c1-18(2,3)24-17(22)20-7-4-9-23-12-5-6-13-14(11-12)26-16(21-13)15-19-8-10-25-15;1-3(4)5-2;/h5-6,11H,4,7-10H2,1-3H3,(H,20,22);1-2H3;1H4. The van der Waals surface area contributed by atoms with Crippen molar-refractivity contribution in [2.75, 3.05) is 32.6 Å². The second-order valence-electron chi connectivity index (χ2n) is 7.51. The van der Waals surface area contributed by atoms with E-state index in [9.17, 15) is 9.59 Å². The van der Waals surface area contributed by atoms with E-state index in [0.29, 0.717) is 19.6 Å². The Bertz CT molecular complexity index is 922. The second-order valence-corrected chi connectivity index (χ2v) is 9.62. The zero-order chi connectivity index (χ0) is 22.9. The molecular weight excluding hydrogens is 450 g/mol. The number of thioether (sulfide) groups is 1. The Kier molecular flexibility index (Phi) is 11.5. The Balaban J connectivity index is 0.000000770. The number of carbonyl (C=O) groups is 2. The van der Waals surface area contributed by atoms with E-state index in [4.69, 9.17) is 9.47 Å². The fourth-order valence-electron chi connectivity index (χ4n) is 2.32. The summed E-state index contributed by atoms with van der Waals surface area (Å²) in [6.07, 6.45) is 0.308. The van der Waals surface area contributed by atoms with E-state index in [1.165, 1.54) is 14.0 Å². The van der Waals surface area contributed by atoms with Gasteiger partial charge in [0.1, 0.15) is 21.4 Å². The van der Waals surface area contributed by atoms with Crippen LogP contribution in [0.5, 0.6) is 5.75 Å². The summed E-state index contributed by atoms with van der Waals surface area (Å²) in [5.74, 6) is 1.60. The summed E-state index contributed by atoms with van der Waals surface area (Å²) in [5.41, 5.74) is 0.491. The predicted octanol–water partition coefficient (Wildman–Crippen LogP) is 4.90. The summed E-state index contributed by atoms with van der Waals surface area (Å²) in [6.45, 7) is 8.80. The fraction of sp³-hybridized carbons (Fsp3) is 0.545. The van der Waals surface area contributed by atoms with Crippen LogP contribution in [0, 0.1) is 0 Å². The van der Waals surface area contributed by atoms with Crippen molar-refractivity contribution in [3.05, 3.63) is 23.2 Å². The lowest BCUT2D eigenvalue weighted by molar-refractivity contribution is -0.137. The third-order valence-corrected chi connectivity index (χ3v) is 5.81. The van der Waals surface area contributed by atoms with E-state index >= 15 is 0 Å². The quantitative estimate of drug-likeness (QED) is 0.461. The number of carbonyl (C=O) groups excluding carboxylic acids is 2. The minimum atomic E-state index is -0.480. The monoisotopic (exact) mass is 483 g/mol. The third-order valence-electron chi connectivity index (χ3n) is 3.67. The van der Waals surface area contributed by atoms with E-state index in [1.54, 1.807) is 23.1 Å². The summed E-state index contributed by atoms with van der Waals surface area (Å²) in [4.78, 5) is 30.3. The van der Waals surface area contributed by atoms with Gasteiger partial charge in [-0.25, -0.2) is 9.78 Å². The number of alkyl carbamates (subject to hydrolysis) is 1. The van der Waals surface area contributed by atoms with Gasteiger partial charge in [-0.3, -0.25) is 9.79 Å². The molecule has 10 heteroatoms. The Morgan fingerprint density at radius 2 is 1.97 bits per heavy atom. The van der Waals surface area contributed by atoms with Gasteiger partial charge in [-0.2, -0.15) is 0 Å². The molecule has 0 saturated carbocycles. The number of aliphatic imine (C=N–C) groups is 1. The minimum Gasteiger partial charge on any atom is -0.493 e. The smallest absolute Gasteiger partial charge is 0.407 e. The molecule has 0 unspecified atom stereocenters. The molecule has 0 saturated heterocycles. The van der Waals surface area contributed by atoms with Gasteiger partial charge in [0.05, 0.1) is 23.9 Å². The highest BCUT2D eigenvalue weighted by Crippen LogP contribution is 2.30. The van der Waals surface area contributed by atoms with Crippen LogP contribution in [0.2, 0.25) is 0 Å². The number of ether oxygens (including phenoxy) is 3. The molecule has 2 aromatic rings. The number of benzene rings is 1. The maximum atomic E-state index is 11.6. The number of fused-ring (bicyclic) bond motifs is 1. The van der Waals surface area contributed by atoms with E-state index in [-0.39, 0.29) is 13.4 Å². The van der Waals surface area contributed by atoms with Crippen molar-refractivity contribution in [1.29, 1.82) is 0 Å². The molecule has 1 aliphatic heterocycles. The van der Waals surface area contributed by atoms with Gasteiger partial charge >= 0.3 is 12.1 Å². The fourth-order valence-corrected chi connectivity index (χ4v) is 4.24. The molecule has 178 valence electrons. The molecule has 8 nitrogen and oxygen atoms in total. The maximum absolute atomic E-state index is 11.6. The molecule has 2 heterocycles. The molecule has 1 amide bonds. The number of hydrogen-bond donors (Lipinski definition) is 1. The van der Waals surface area contributed by atoms with E-state index < -0.39 is 11.7 Å². The summed E-state index contributed by atoms with van der Waals surface area (Å²) in [7, 11) is 1.35. The van der Waals surface area contributed by atoms with Crippen molar-refractivity contribution < 1.29 is 23.8 Å². The average molecular weight is 484 g/mol. The molecule has 0 atom stereocenters. The average Bonchev–Trinajstić information content (AvgIpc) is 3.36. The van der Waals surface area contributed by atoms with Crippen LogP contribution >= 0.6 is 23.1 Å². The SMILES string of the molecule is C.CC(C)(C)OC(=O)NCCCOc1ccc2nc(C3=NCCS3)sc2c1.COC(C)=O. The molecule has 32 heavy (non-hydrogen) atoms. The normalized spacial score (nSPS) is 12.7. The highest BCUT2D eigenvalue weighted by molar-refractivity contribution is 8.15. The number of amides is 1. The van der Waals surface area contributed by atoms with Crippen molar-refractivity contribution >= 4 is 50.4 Å². The van der Waals surface area contributed by atoms with Crippen LogP contribution in [0.3, 0.4) is 0 Å². The number of rotatable bonds is 6. The van der Waals surface area contributed by atoms with Crippen LogP contribution in [0.15, 0.2) is 23.2 Å². The largest absolute Gasteiger partial charge is 0.493 e. The van der Waals surface area contributed by atoms with Gasteiger partial charge in [-0.1, -0.05) is 7.43 Å². The summed E-state index contributed by atoms with van der Waals surface area (Å²) < 4.78 is 16.2. The molecule has 0 fully saturated rings. The first kappa shape index (κ1) is 27.7. The highest BCUT2D eigenvalue weighted by atomic mass is 32.2. The minimum absolute atomic E-state index is 0. The first-order valence-corrected chi connectivity index (χ1v) is 11.7. The number of nitrogens with zero attached hydrogens (tertiary/aromatic N) is 2. The van der Waals surface area contributed by atoms with Gasteiger partial charge in [-0.05, 0) is 45.4 Å². The van der Waals surface area contributed by atoms with Crippen LogP contribution in [0.4, 0.5) is 4.79 Å². The number of esters is 1. The molecule has 0 bridgehead atoms. The topological polar surface area (TPSA) is 99.1 Å². The number of nitrogens with one attached hydrogen (secondary N) is 1.